The molecule has 2 nitrogen and oxygen atoms in total. The molecule has 0 fully saturated rings. The normalized spacial score (nSPS) is 10.2. The van der Waals surface area contributed by atoms with Crippen molar-refractivity contribution in [2.75, 3.05) is 12.9 Å². The van der Waals surface area contributed by atoms with E-state index in [1.165, 1.54) is 5.56 Å². The molecule has 0 saturated heterocycles. The number of Topliss-reactive ketones (excluding diaryl/α,β-unsaturated/α-hetero) is 1. The van der Waals surface area contributed by atoms with E-state index in [1.54, 1.807) is 6.92 Å². The first-order valence-corrected chi connectivity index (χ1v) is 7.42. The molecule has 0 spiro atoms. The Bertz CT molecular complexity index is 275. The van der Waals surface area contributed by atoms with Crippen molar-refractivity contribution >= 4 is 21.7 Å². The van der Waals surface area contributed by atoms with Gasteiger partial charge in [-0.3, -0.25) is 4.79 Å². The third kappa shape index (κ3) is 9.07. The molecule has 0 amide bonds. The van der Waals surface area contributed by atoms with Crippen LogP contribution in [-0.4, -0.2) is 18.7 Å². The highest BCUT2D eigenvalue weighted by Crippen LogP contribution is 2.15. The maximum absolute atomic E-state index is 10.9. The van der Waals surface area contributed by atoms with Crippen molar-refractivity contribution in [2.45, 2.75) is 33.2 Å². The molecule has 0 aromatic heterocycles. The van der Waals surface area contributed by atoms with Gasteiger partial charge in [0.05, 0.1) is 0 Å². The number of benzene rings is 1. The number of hydrogen-bond acceptors (Lipinski definition) is 2. The summed E-state index contributed by atoms with van der Waals surface area (Å²) in [5.74, 6) is 2.02. The molecular weight excluding hydrogens is 278 g/mol. The Kier molecular flexibility index (Phi) is 14.7. The zero-order chi connectivity index (χ0) is 13.7. The molecule has 1 aromatic carbocycles. The Balaban J connectivity index is 0. The van der Waals surface area contributed by atoms with Gasteiger partial charge in [0.15, 0.2) is 0 Å². The highest BCUT2D eigenvalue weighted by atomic mass is 79.9. The van der Waals surface area contributed by atoms with E-state index < -0.39 is 0 Å². The average molecular weight is 302 g/mol. The molecule has 1 unspecified atom stereocenters. The summed E-state index contributed by atoms with van der Waals surface area (Å²) in [5.41, 5.74) is 1.17. The van der Waals surface area contributed by atoms with Crippen molar-refractivity contribution in [3.63, 3.8) is 0 Å². The number of ketones is 1. The van der Waals surface area contributed by atoms with E-state index in [1.807, 2.05) is 57.1 Å². The summed E-state index contributed by atoms with van der Waals surface area (Å²) in [5, 5.41) is 3.13. The minimum absolute atomic E-state index is 0.152. The van der Waals surface area contributed by atoms with Gasteiger partial charge in [0.1, 0.15) is 5.78 Å². The smallest absolute Gasteiger partial charge is 0.131 e. The third-order valence-corrected chi connectivity index (χ3v) is 2.04. The van der Waals surface area contributed by atoms with Crippen molar-refractivity contribution in [3.8, 4) is 0 Å². The molecular formula is C14H24BrNO. The van der Waals surface area contributed by atoms with Crippen LogP contribution in [0.25, 0.3) is 0 Å². The summed E-state index contributed by atoms with van der Waals surface area (Å²) in [7, 11) is 1.88. The molecule has 1 atom stereocenters. The second-order valence-electron chi connectivity index (χ2n) is 3.16. The fraction of sp³-hybridized carbons (Fsp3) is 0.500. The SMILES string of the molecule is CBr.CC.CNC(CC(C)=O)c1ccccc1. The van der Waals surface area contributed by atoms with E-state index in [0.29, 0.717) is 6.42 Å². The Labute approximate surface area is 114 Å². The molecule has 0 aliphatic heterocycles. The first kappa shape index (κ1) is 18.7. The second kappa shape index (κ2) is 13.4. The van der Waals surface area contributed by atoms with Crippen LogP contribution in [0.3, 0.4) is 0 Å². The largest absolute Gasteiger partial charge is 0.313 e. The fourth-order valence-electron chi connectivity index (χ4n) is 1.36. The van der Waals surface area contributed by atoms with E-state index in [2.05, 4.69) is 21.2 Å². The third-order valence-electron chi connectivity index (χ3n) is 2.04. The lowest BCUT2D eigenvalue weighted by molar-refractivity contribution is -0.117. The zero-order valence-electron chi connectivity index (χ0n) is 11.5. The number of hydrogen-bond donors (Lipinski definition) is 1. The van der Waals surface area contributed by atoms with Gasteiger partial charge < -0.3 is 5.32 Å². The molecule has 1 N–H and O–H groups in total. The maximum Gasteiger partial charge on any atom is 0.131 e. The van der Waals surface area contributed by atoms with Crippen LogP contribution in [0.1, 0.15) is 38.8 Å². The lowest BCUT2D eigenvalue weighted by atomic mass is 10.0. The van der Waals surface area contributed by atoms with Gasteiger partial charge in [-0.25, -0.2) is 0 Å². The molecule has 0 aliphatic carbocycles. The standard InChI is InChI=1S/C11H15NO.C2H6.CH3Br/c1-9(13)8-11(12-2)10-6-4-3-5-7-10;2*1-2/h3-7,11-12H,8H2,1-2H3;1-2H3;1H3. The van der Waals surface area contributed by atoms with Gasteiger partial charge in [-0.05, 0) is 25.4 Å². The first-order chi connectivity index (χ1) is 8.24. The van der Waals surface area contributed by atoms with Gasteiger partial charge in [-0.15, -0.1) is 0 Å². The molecule has 17 heavy (non-hydrogen) atoms. The summed E-state index contributed by atoms with van der Waals surface area (Å²) < 4.78 is 0. The molecule has 0 saturated carbocycles. The van der Waals surface area contributed by atoms with Crippen molar-refractivity contribution in [1.29, 1.82) is 0 Å². The molecule has 98 valence electrons. The number of nitrogens with one attached hydrogen (secondary N) is 1. The highest BCUT2D eigenvalue weighted by molar-refractivity contribution is 9.08. The Morgan fingerprint density at radius 1 is 1.24 bits per heavy atom. The van der Waals surface area contributed by atoms with E-state index in [4.69, 9.17) is 0 Å². The Hall–Kier alpha value is -0.670. The number of rotatable bonds is 4. The molecule has 0 bridgehead atoms. The van der Waals surface area contributed by atoms with Crippen LogP contribution in [0.5, 0.6) is 0 Å². The van der Waals surface area contributed by atoms with Crippen LogP contribution in [0.4, 0.5) is 0 Å². The lowest BCUT2D eigenvalue weighted by Crippen LogP contribution is -2.18. The molecule has 0 aliphatic rings. The second-order valence-corrected chi connectivity index (χ2v) is 3.16. The quantitative estimate of drug-likeness (QED) is 0.853. The average Bonchev–Trinajstić information content (AvgIpc) is 2.41. The monoisotopic (exact) mass is 301 g/mol. The number of alkyl halides is 1. The molecule has 3 heteroatoms. The van der Waals surface area contributed by atoms with Gasteiger partial charge in [0, 0.05) is 12.5 Å². The van der Waals surface area contributed by atoms with Crippen LogP contribution >= 0.6 is 15.9 Å². The minimum Gasteiger partial charge on any atom is -0.313 e. The molecule has 0 radical (unpaired) electrons. The lowest BCUT2D eigenvalue weighted by Gasteiger charge is -2.14. The molecule has 0 heterocycles. The van der Waals surface area contributed by atoms with Crippen LogP contribution in [0.2, 0.25) is 0 Å². The maximum atomic E-state index is 10.9. The van der Waals surface area contributed by atoms with Gasteiger partial charge in [-0.1, -0.05) is 60.1 Å². The van der Waals surface area contributed by atoms with Crippen LogP contribution in [0.15, 0.2) is 30.3 Å². The zero-order valence-corrected chi connectivity index (χ0v) is 13.0. The summed E-state index contributed by atoms with van der Waals surface area (Å²) >= 11 is 2.94. The topological polar surface area (TPSA) is 29.1 Å². The van der Waals surface area contributed by atoms with Crippen molar-refractivity contribution < 1.29 is 4.79 Å². The summed E-state index contributed by atoms with van der Waals surface area (Å²) in [6, 6.07) is 10.2. The molecule has 1 rings (SSSR count). The fourth-order valence-corrected chi connectivity index (χ4v) is 1.36. The summed E-state index contributed by atoms with van der Waals surface area (Å²) in [6.07, 6.45) is 0.556. The predicted octanol–water partition coefficient (Wildman–Crippen LogP) is 3.96. The van der Waals surface area contributed by atoms with Crippen molar-refractivity contribution in [2.24, 2.45) is 0 Å². The van der Waals surface area contributed by atoms with Gasteiger partial charge in [0.2, 0.25) is 0 Å². The summed E-state index contributed by atoms with van der Waals surface area (Å²) in [6.45, 7) is 5.62. The Morgan fingerprint density at radius 3 is 2.06 bits per heavy atom. The Morgan fingerprint density at radius 2 is 1.71 bits per heavy atom. The van der Waals surface area contributed by atoms with Gasteiger partial charge in [-0.2, -0.15) is 0 Å². The highest BCUT2D eigenvalue weighted by Gasteiger charge is 2.09. The number of carbonyl (C=O) groups is 1. The summed E-state index contributed by atoms with van der Waals surface area (Å²) in [4.78, 5) is 10.9. The minimum atomic E-state index is 0.152. The first-order valence-electron chi connectivity index (χ1n) is 5.83. The van der Waals surface area contributed by atoms with Gasteiger partial charge >= 0.3 is 0 Å². The van der Waals surface area contributed by atoms with E-state index in [-0.39, 0.29) is 11.8 Å². The number of halogens is 1. The van der Waals surface area contributed by atoms with Crippen LogP contribution in [0, 0.1) is 0 Å². The van der Waals surface area contributed by atoms with E-state index in [0.717, 1.165) is 0 Å². The van der Waals surface area contributed by atoms with Crippen LogP contribution < -0.4 is 5.32 Å². The molecule has 1 aromatic rings. The van der Waals surface area contributed by atoms with Crippen molar-refractivity contribution in [1.82, 2.24) is 5.32 Å². The van der Waals surface area contributed by atoms with Gasteiger partial charge in [0.25, 0.3) is 0 Å². The van der Waals surface area contributed by atoms with Crippen LogP contribution in [-0.2, 0) is 4.79 Å². The predicted molar refractivity (Wildman–Crippen MR) is 79.7 cm³/mol. The van der Waals surface area contributed by atoms with Crippen molar-refractivity contribution in [3.05, 3.63) is 35.9 Å². The number of carbonyl (C=O) groups excluding carboxylic acids is 1. The van der Waals surface area contributed by atoms with E-state index >= 15 is 0 Å². The van der Waals surface area contributed by atoms with E-state index in [9.17, 15) is 4.79 Å².